The van der Waals surface area contributed by atoms with Crippen LogP contribution in [-0.2, 0) is 14.8 Å². The molecule has 116 valence electrons. The molecule has 1 amide bonds. The fraction of sp³-hybridized carbons (Fsp3) is 0.500. The van der Waals surface area contributed by atoms with Gasteiger partial charge in [-0.15, -0.1) is 0 Å². The SMILES string of the molecule is Cc1ccc(S(=O)(=O)N2CC[NH+]([C@@H](C)C(N)=O)CC2)cc1. The van der Waals surface area contributed by atoms with Crippen molar-refractivity contribution < 1.29 is 18.1 Å². The highest BCUT2D eigenvalue weighted by atomic mass is 32.2. The zero-order chi connectivity index (χ0) is 15.6. The van der Waals surface area contributed by atoms with Crippen LogP contribution in [0.4, 0.5) is 0 Å². The van der Waals surface area contributed by atoms with E-state index in [1.165, 1.54) is 4.31 Å². The number of hydrogen-bond donors (Lipinski definition) is 2. The molecule has 0 spiro atoms. The van der Waals surface area contributed by atoms with E-state index < -0.39 is 10.0 Å². The minimum atomic E-state index is -3.44. The normalized spacial score (nSPS) is 19.3. The molecule has 1 aromatic carbocycles. The van der Waals surface area contributed by atoms with Gasteiger partial charge in [0.2, 0.25) is 10.0 Å². The average molecular weight is 312 g/mol. The van der Waals surface area contributed by atoms with E-state index in [4.69, 9.17) is 5.73 Å². The standard InChI is InChI=1S/C14H21N3O3S/c1-11-3-5-13(6-4-11)21(19,20)17-9-7-16(8-10-17)12(2)14(15)18/h3-6,12H,7-10H2,1-2H3,(H2,15,18)/p+1/t12-/m0/s1. The van der Waals surface area contributed by atoms with Crippen LogP contribution in [0.3, 0.4) is 0 Å². The Kier molecular flexibility index (Phi) is 4.65. The Morgan fingerprint density at radius 3 is 2.24 bits per heavy atom. The van der Waals surface area contributed by atoms with E-state index in [9.17, 15) is 13.2 Å². The third-order valence-electron chi connectivity index (χ3n) is 4.06. The van der Waals surface area contributed by atoms with Crippen LogP contribution in [-0.4, -0.2) is 50.9 Å². The van der Waals surface area contributed by atoms with E-state index in [2.05, 4.69) is 0 Å². The van der Waals surface area contributed by atoms with Crippen molar-refractivity contribution in [2.75, 3.05) is 26.2 Å². The number of piperazine rings is 1. The van der Waals surface area contributed by atoms with E-state index in [0.717, 1.165) is 10.5 Å². The predicted octanol–water partition coefficient (Wildman–Crippen LogP) is -1.24. The number of quaternary nitrogens is 1. The zero-order valence-electron chi connectivity index (χ0n) is 12.4. The van der Waals surface area contributed by atoms with Crippen LogP contribution in [0.25, 0.3) is 0 Å². The van der Waals surface area contributed by atoms with Gasteiger partial charge < -0.3 is 10.6 Å². The lowest BCUT2D eigenvalue weighted by Crippen LogP contribution is -3.19. The van der Waals surface area contributed by atoms with E-state index in [-0.39, 0.29) is 11.9 Å². The van der Waals surface area contributed by atoms with Crippen molar-refractivity contribution in [3.63, 3.8) is 0 Å². The maximum atomic E-state index is 12.5. The summed E-state index contributed by atoms with van der Waals surface area (Å²) in [5, 5.41) is 0. The molecule has 0 saturated carbocycles. The monoisotopic (exact) mass is 312 g/mol. The highest BCUT2D eigenvalue weighted by Gasteiger charge is 2.33. The van der Waals surface area contributed by atoms with Crippen molar-refractivity contribution in [2.45, 2.75) is 24.8 Å². The summed E-state index contributed by atoms with van der Waals surface area (Å²) in [6.45, 7) is 5.70. The number of aryl methyl sites for hydroxylation is 1. The lowest BCUT2D eigenvalue weighted by atomic mass is 10.2. The molecule has 3 N–H and O–H groups in total. The molecule has 6 nitrogen and oxygen atoms in total. The first-order valence-electron chi connectivity index (χ1n) is 7.03. The lowest BCUT2D eigenvalue weighted by molar-refractivity contribution is -0.917. The van der Waals surface area contributed by atoms with E-state index in [1.54, 1.807) is 31.2 Å². The van der Waals surface area contributed by atoms with E-state index in [1.807, 2.05) is 6.92 Å². The predicted molar refractivity (Wildman–Crippen MR) is 79.3 cm³/mol. The summed E-state index contributed by atoms with van der Waals surface area (Å²) in [4.78, 5) is 12.6. The van der Waals surface area contributed by atoms with E-state index in [0.29, 0.717) is 31.1 Å². The van der Waals surface area contributed by atoms with Crippen molar-refractivity contribution in [1.29, 1.82) is 0 Å². The minimum Gasteiger partial charge on any atom is -0.365 e. The minimum absolute atomic E-state index is 0.283. The van der Waals surface area contributed by atoms with Crippen LogP contribution in [0.1, 0.15) is 12.5 Å². The maximum Gasteiger partial charge on any atom is 0.275 e. The molecule has 2 rings (SSSR count). The van der Waals surface area contributed by atoms with Crippen molar-refractivity contribution in [2.24, 2.45) is 5.73 Å². The van der Waals surface area contributed by atoms with Crippen LogP contribution in [0.15, 0.2) is 29.2 Å². The summed E-state index contributed by atoms with van der Waals surface area (Å²) in [6.07, 6.45) is 0. The van der Waals surface area contributed by atoms with Gasteiger partial charge in [0.05, 0.1) is 31.1 Å². The number of nitrogens with one attached hydrogen (secondary N) is 1. The summed E-state index contributed by atoms with van der Waals surface area (Å²) in [5.74, 6) is -0.347. The molecule has 0 aromatic heterocycles. The molecular formula is C14H22N3O3S+. The fourth-order valence-corrected chi connectivity index (χ4v) is 3.95. The molecule has 7 heteroatoms. The largest absolute Gasteiger partial charge is 0.365 e. The quantitative estimate of drug-likeness (QED) is 0.729. The van der Waals surface area contributed by atoms with E-state index >= 15 is 0 Å². The van der Waals surface area contributed by atoms with Crippen LogP contribution in [0, 0.1) is 6.92 Å². The number of nitrogens with zero attached hydrogens (tertiary/aromatic N) is 1. The second kappa shape index (κ2) is 6.13. The van der Waals surface area contributed by atoms with Gasteiger partial charge in [-0.1, -0.05) is 17.7 Å². The summed E-state index contributed by atoms with van der Waals surface area (Å²) in [7, 11) is -3.44. The molecule has 1 fully saturated rings. The highest BCUT2D eigenvalue weighted by Crippen LogP contribution is 2.16. The lowest BCUT2D eigenvalue weighted by Gasteiger charge is -2.33. The number of sulfonamides is 1. The Hall–Kier alpha value is -1.44. The first kappa shape index (κ1) is 15.9. The molecule has 0 unspecified atom stereocenters. The number of benzene rings is 1. The van der Waals surface area contributed by atoms with Crippen LogP contribution in [0.5, 0.6) is 0 Å². The molecule has 0 radical (unpaired) electrons. The molecule has 1 aliphatic heterocycles. The third kappa shape index (κ3) is 3.42. The summed E-state index contributed by atoms with van der Waals surface area (Å²) in [5.41, 5.74) is 6.33. The summed E-state index contributed by atoms with van der Waals surface area (Å²) in [6, 6.07) is 6.58. The number of primary amides is 1. The number of hydrogen-bond acceptors (Lipinski definition) is 3. The van der Waals surface area contributed by atoms with Gasteiger partial charge in [0.1, 0.15) is 0 Å². The van der Waals surface area contributed by atoms with Crippen molar-refractivity contribution in [3.8, 4) is 0 Å². The number of amides is 1. The number of carbonyl (C=O) groups is 1. The highest BCUT2D eigenvalue weighted by molar-refractivity contribution is 7.89. The van der Waals surface area contributed by atoms with Gasteiger partial charge >= 0.3 is 0 Å². The molecule has 0 bridgehead atoms. The summed E-state index contributed by atoms with van der Waals surface area (Å²) >= 11 is 0. The van der Waals surface area contributed by atoms with Crippen LogP contribution < -0.4 is 10.6 Å². The second-order valence-corrected chi connectivity index (χ2v) is 7.44. The van der Waals surface area contributed by atoms with Gasteiger partial charge in [0, 0.05) is 0 Å². The third-order valence-corrected chi connectivity index (χ3v) is 5.98. The van der Waals surface area contributed by atoms with Crippen molar-refractivity contribution in [1.82, 2.24) is 4.31 Å². The second-order valence-electron chi connectivity index (χ2n) is 5.50. The molecule has 1 heterocycles. The van der Waals surface area contributed by atoms with Crippen LogP contribution in [0.2, 0.25) is 0 Å². The number of rotatable bonds is 4. The first-order valence-corrected chi connectivity index (χ1v) is 8.47. The van der Waals surface area contributed by atoms with Crippen LogP contribution >= 0.6 is 0 Å². The number of carbonyl (C=O) groups excluding carboxylic acids is 1. The molecule has 1 saturated heterocycles. The van der Waals surface area contributed by atoms with Gasteiger partial charge in [-0.3, -0.25) is 4.79 Å². The Morgan fingerprint density at radius 1 is 1.24 bits per heavy atom. The van der Waals surface area contributed by atoms with Gasteiger partial charge in [0.25, 0.3) is 5.91 Å². The van der Waals surface area contributed by atoms with Crippen molar-refractivity contribution in [3.05, 3.63) is 29.8 Å². The molecule has 1 aromatic rings. The first-order chi connectivity index (χ1) is 9.82. The molecule has 1 atom stereocenters. The smallest absolute Gasteiger partial charge is 0.275 e. The topological polar surface area (TPSA) is 84.9 Å². The Balaban J connectivity index is 2.07. The Labute approximate surface area is 125 Å². The Bertz CT molecular complexity index is 605. The summed E-state index contributed by atoms with van der Waals surface area (Å²) < 4.78 is 26.5. The van der Waals surface area contributed by atoms with Gasteiger partial charge in [-0.05, 0) is 26.0 Å². The van der Waals surface area contributed by atoms with Gasteiger partial charge in [-0.25, -0.2) is 8.42 Å². The molecule has 21 heavy (non-hydrogen) atoms. The molecule has 0 aliphatic carbocycles. The van der Waals surface area contributed by atoms with Gasteiger partial charge in [0.15, 0.2) is 6.04 Å². The van der Waals surface area contributed by atoms with Gasteiger partial charge in [-0.2, -0.15) is 4.31 Å². The molecule has 1 aliphatic rings. The van der Waals surface area contributed by atoms with Crippen molar-refractivity contribution >= 4 is 15.9 Å². The fourth-order valence-electron chi connectivity index (χ4n) is 2.51. The zero-order valence-corrected chi connectivity index (χ0v) is 13.2. The maximum absolute atomic E-state index is 12.5. The molecular weight excluding hydrogens is 290 g/mol. The number of nitrogens with two attached hydrogens (primary N) is 1. The Morgan fingerprint density at radius 2 is 1.76 bits per heavy atom. The average Bonchev–Trinajstić information content (AvgIpc) is 2.47.